The molecule has 80 valence electrons. The maximum absolute atomic E-state index is 11.1. The molecule has 0 amide bonds. The van der Waals surface area contributed by atoms with Crippen LogP contribution < -0.4 is 5.32 Å². The monoisotopic (exact) mass is 198 g/mol. The van der Waals surface area contributed by atoms with Gasteiger partial charge in [-0.3, -0.25) is 0 Å². The molecule has 0 aromatic heterocycles. The Labute approximate surface area is 85.2 Å². The molecular formula is C10H18N2O2. The number of allylic oxidation sites excluding steroid dienone is 1. The molecule has 4 heteroatoms. The molecule has 1 unspecified atom stereocenters. The van der Waals surface area contributed by atoms with E-state index >= 15 is 0 Å². The molecule has 0 aromatic carbocycles. The Morgan fingerprint density at radius 1 is 1.50 bits per heavy atom. The summed E-state index contributed by atoms with van der Waals surface area (Å²) < 4.78 is 4.61. The highest BCUT2D eigenvalue weighted by atomic mass is 16.5. The van der Waals surface area contributed by atoms with E-state index in [9.17, 15) is 4.79 Å². The molecule has 0 heterocycles. The van der Waals surface area contributed by atoms with Crippen LogP contribution in [0.4, 0.5) is 0 Å². The number of nitrogens with zero attached hydrogens (tertiary/aromatic N) is 1. The molecule has 0 aliphatic rings. The van der Waals surface area contributed by atoms with Crippen LogP contribution >= 0.6 is 0 Å². The van der Waals surface area contributed by atoms with E-state index < -0.39 is 0 Å². The largest absolute Gasteiger partial charge is 0.467 e. The van der Waals surface area contributed by atoms with Crippen LogP contribution in [0.15, 0.2) is 24.7 Å². The Morgan fingerprint density at radius 2 is 2.14 bits per heavy atom. The zero-order valence-corrected chi connectivity index (χ0v) is 9.15. The first kappa shape index (κ1) is 12.6. The molecule has 0 aliphatic heterocycles. The lowest BCUT2D eigenvalue weighted by molar-refractivity contribution is -0.144. The van der Waals surface area contributed by atoms with Gasteiger partial charge in [-0.05, 0) is 20.0 Å². The zero-order chi connectivity index (χ0) is 11.0. The molecule has 0 saturated heterocycles. The first-order chi connectivity index (χ1) is 6.63. The maximum Gasteiger partial charge on any atom is 0.328 e. The van der Waals surface area contributed by atoms with Crippen molar-refractivity contribution in [1.29, 1.82) is 0 Å². The third-order valence-electron chi connectivity index (χ3n) is 1.82. The lowest BCUT2D eigenvalue weighted by atomic mass is 10.3. The fraction of sp³-hybridized carbons (Fsp3) is 0.500. The molecule has 0 spiro atoms. The average Bonchev–Trinajstić information content (AvgIpc) is 2.21. The van der Waals surface area contributed by atoms with Gasteiger partial charge in [0.15, 0.2) is 0 Å². The van der Waals surface area contributed by atoms with Crippen molar-refractivity contribution in [2.45, 2.75) is 19.9 Å². The van der Waals surface area contributed by atoms with Crippen LogP contribution in [-0.4, -0.2) is 31.1 Å². The highest BCUT2D eigenvalue weighted by molar-refractivity contribution is 5.75. The molecule has 0 radical (unpaired) electrons. The molecule has 14 heavy (non-hydrogen) atoms. The zero-order valence-electron chi connectivity index (χ0n) is 9.15. The standard InChI is InChI=1S/C10H18N2O2/c1-5-6-11-7-8-12(3)9(2)10(13)14-4/h5-9,11H,1-4H3/b6-5-,8-7-. The van der Waals surface area contributed by atoms with Gasteiger partial charge >= 0.3 is 5.97 Å². The molecule has 1 atom stereocenters. The molecule has 4 nitrogen and oxygen atoms in total. The van der Waals surface area contributed by atoms with Crippen molar-refractivity contribution in [3.8, 4) is 0 Å². The van der Waals surface area contributed by atoms with E-state index in [1.54, 1.807) is 30.4 Å². The molecular weight excluding hydrogens is 180 g/mol. The van der Waals surface area contributed by atoms with Gasteiger partial charge in [0, 0.05) is 19.4 Å². The van der Waals surface area contributed by atoms with Crippen molar-refractivity contribution in [1.82, 2.24) is 10.2 Å². The van der Waals surface area contributed by atoms with Crippen LogP contribution in [0, 0.1) is 0 Å². The summed E-state index contributed by atoms with van der Waals surface area (Å²) in [4.78, 5) is 12.9. The number of hydrogen-bond donors (Lipinski definition) is 1. The third kappa shape index (κ3) is 4.54. The summed E-state index contributed by atoms with van der Waals surface area (Å²) in [6, 6.07) is -0.274. The summed E-state index contributed by atoms with van der Waals surface area (Å²) in [5.41, 5.74) is 0. The number of methoxy groups -OCH3 is 1. The van der Waals surface area contributed by atoms with Gasteiger partial charge in [0.05, 0.1) is 7.11 Å². The van der Waals surface area contributed by atoms with Gasteiger partial charge in [-0.25, -0.2) is 4.79 Å². The van der Waals surface area contributed by atoms with Crippen molar-refractivity contribution in [3.05, 3.63) is 24.7 Å². The minimum Gasteiger partial charge on any atom is -0.467 e. The minimum absolute atomic E-state index is 0.247. The van der Waals surface area contributed by atoms with E-state index in [0.29, 0.717) is 0 Å². The van der Waals surface area contributed by atoms with Crippen LogP contribution in [0.1, 0.15) is 13.8 Å². The summed E-state index contributed by atoms with van der Waals surface area (Å²) in [5, 5.41) is 2.92. The number of ether oxygens (including phenoxy) is 1. The van der Waals surface area contributed by atoms with Gasteiger partial charge in [0.1, 0.15) is 6.04 Å². The molecule has 0 saturated carbocycles. The van der Waals surface area contributed by atoms with Crippen LogP contribution in [0.2, 0.25) is 0 Å². The highest BCUT2D eigenvalue weighted by Gasteiger charge is 2.14. The SMILES string of the molecule is C/C=C\N/C=C\N(C)C(C)C(=O)OC. The minimum atomic E-state index is -0.274. The van der Waals surface area contributed by atoms with E-state index in [-0.39, 0.29) is 12.0 Å². The van der Waals surface area contributed by atoms with Gasteiger partial charge in [0.2, 0.25) is 0 Å². The van der Waals surface area contributed by atoms with Crippen LogP contribution in [0.25, 0.3) is 0 Å². The number of carbonyl (C=O) groups is 1. The number of rotatable bonds is 5. The smallest absolute Gasteiger partial charge is 0.328 e. The van der Waals surface area contributed by atoms with Crippen molar-refractivity contribution in [2.75, 3.05) is 14.2 Å². The molecule has 0 rings (SSSR count). The molecule has 1 N–H and O–H groups in total. The summed E-state index contributed by atoms with van der Waals surface area (Å²) in [5.74, 6) is -0.247. The topological polar surface area (TPSA) is 41.6 Å². The number of hydrogen-bond acceptors (Lipinski definition) is 4. The summed E-state index contributed by atoms with van der Waals surface area (Å²) >= 11 is 0. The Balaban J connectivity index is 3.99. The van der Waals surface area contributed by atoms with Gasteiger partial charge in [-0.15, -0.1) is 0 Å². The van der Waals surface area contributed by atoms with E-state index in [4.69, 9.17) is 0 Å². The van der Waals surface area contributed by atoms with Crippen LogP contribution in [0.5, 0.6) is 0 Å². The van der Waals surface area contributed by atoms with Crippen molar-refractivity contribution in [2.24, 2.45) is 0 Å². The van der Waals surface area contributed by atoms with Crippen LogP contribution in [-0.2, 0) is 9.53 Å². The fourth-order valence-electron chi connectivity index (χ4n) is 0.778. The Kier molecular flexibility index (Phi) is 6.28. The van der Waals surface area contributed by atoms with Crippen molar-refractivity contribution < 1.29 is 9.53 Å². The van der Waals surface area contributed by atoms with Gasteiger partial charge < -0.3 is 15.0 Å². The molecule has 0 aliphatic carbocycles. The van der Waals surface area contributed by atoms with Crippen molar-refractivity contribution >= 4 is 5.97 Å². The number of nitrogens with one attached hydrogen (secondary N) is 1. The molecule has 0 bridgehead atoms. The number of esters is 1. The first-order valence-electron chi connectivity index (χ1n) is 4.47. The summed E-state index contributed by atoms with van der Waals surface area (Å²) in [6.07, 6.45) is 7.21. The Bertz CT molecular complexity index is 224. The lowest BCUT2D eigenvalue weighted by Gasteiger charge is -2.20. The summed E-state index contributed by atoms with van der Waals surface area (Å²) in [7, 11) is 3.20. The first-order valence-corrected chi connectivity index (χ1v) is 4.47. The fourth-order valence-corrected chi connectivity index (χ4v) is 0.778. The van der Waals surface area contributed by atoms with E-state index in [1.165, 1.54) is 7.11 Å². The Morgan fingerprint density at radius 3 is 2.64 bits per heavy atom. The second-order valence-electron chi connectivity index (χ2n) is 2.85. The van der Waals surface area contributed by atoms with E-state index in [1.807, 2.05) is 20.0 Å². The predicted octanol–water partition coefficient (Wildman–Crippen LogP) is 1.07. The highest BCUT2D eigenvalue weighted by Crippen LogP contribution is 1.97. The Hall–Kier alpha value is -1.45. The quantitative estimate of drug-likeness (QED) is 0.671. The summed E-state index contributed by atoms with van der Waals surface area (Å²) in [6.45, 7) is 3.70. The second-order valence-corrected chi connectivity index (χ2v) is 2.85. The average molecular weight is 198 g/mol. The third-order valence-corrected chi connectivity index (χ3v) is 1.82. The predicted molar refractivity (Wildman–Crippen MR) is 56.3 cm³/mol. The maximum atomic E-state index is 11.1. The normalized spacial score (nSPS) is 13.1. The second kappa shape index (κ2) is 7.00. The molecule has 0 aromatic rings. The van der Waals surface area contributed by atoms with E-state index in [2.05, 4.69) is 10.1 Å². The lowest BCUT2D eigenvalue weighted by Crippen LogP contribution is -2.33. The number of carbonyl (C=O) groups excluding carboxylic acids is 1. The van der Waals surface area contributed by atoms with Crippen LogP contribution in [0.3, 0.4) is 0 Å². The van der Waals surface area contributed by atoms with Gasteiger partial charge in [-0.2, -0.15) is 0 Å². The molecule has 0 fully saturated rings. The van der Waals surface area contributed by atoms with Crippen molar-refractivity contribution in [3.63, 3.8) is 0 Å². The van der Waals surface area contributed by atoms with E-state index in [0.717, 1.165) is 0 Å². The van der Waals surface area contributed by atoms with Gasteiger partial charge in [-0.1, -0.05) is 6.08 Å². The van der Waals surface area contributed by atoms with Gasteiger partial charge in [0.25, 0.3) is 0 Å². The number of likely N-dealkylation sites (N-methyl/N-ethyl adjacent to an activating group) is 1.